The predicted molar refractivity (Wildman–Crippen MR) is 158 cm³/mol. The van der Waals surface area contributed by atoms with E-state index in [0.717, 1.165) is 56.2 Å². The summed E-state index contributed by atoms with van der Waals surface area (Å²) in [7, 11) is 0. The van der Waals surface area contributed by atoms with Crippen molar-refractivity contribution in [1.82, 2.24) is 29.9 Å². The molecule has 0 saturated carbocycles. The molecule has 0 aliphatic heterocycles. The quantitative estimate of drug-likeness (QED) is 0.212. The van der Waals surface area contributed by atoms with E-state index < -0.39 is 0 Å². The Kier molecular flexibility index (Phi) is 5.95. The van der Waals surface area contributed by atoms with E-state index in [1.54, 1.807) is 49.6 Å². The maximum absolute atomic E-state index is 5.19. The fourth-order valence-corrected chi connectivity index (χ4v) is 4.86. The van der Waals surface area contributed by atoms with Crippen LogP contribution >= 0.6 is 0 Å². The Morgan fingerprint density at radius 1 is 0.350 bits per heavy atom. The van der Waals surface area contributed by atoms with Crippen molar-refractivity contribution in [2.45, 2.75) is 0 Å². The molecule has 0 bridgehead atoms. The molecule has 0 saturated heterocycles. The van der Waals surface area contributed by atoms with E-state index in [0.29, 0.717) is 0 Å². The van der Waals surface area contributed by atoms with Crippen LogP contribution in [0, 0.1) is 0 Å². The summed E-state index contributed by atoms with van der Waals surface area (Å²) >= 11 is 0. The average molecular weight is 519 g/mol. The molecule has 0 fully saturated rings. The molecule has 0 unspecified atom stereocenters. The molecule has 0 radical (unpaired) electrons. The summed E-state index contributed by atoms with van der Waals surface area (Å²) in [6, 6.07) is 28.0. The van der Waals surface area contributed by atoms with Crippen molar-refractivity contribution < 1.29 is 0 Å². The van der Waals surface area contributed by atoms with Crippen LogP contribution in [0.25, 0.3) is 22.1 Å². The lowest BCUT2D eigenvalue weighted by atomic mass is 10.1. The van der Waals surface area contributed by atoms with Gasteiger partial charge in [0.15, 0.2) is 0 Å². The molecule has 190 valence electrons. The minimum absolute atomic E-state index is 0.762. The topological polar surface area (TPSA) is 83.8 Å². The van der Waals surface area contributed by atoms with Gasteiger partial charge >= 0.3 is 0 Å². The molecule has 0 N–H and O–H groups in total. The second-order valence-electron chi connectivity index (χ2n) is 9.01. The van der Waals surface area contributed by atoms with Gasteiger partial charge in [0.2, 0.25) is 0 Å². The van der Waals surface area contributed by atoms with Crippen molar-refractivity contribution in [2.75, 3.05) is 9.80 Å². The van der Waals surface area contributed by atoms with Gasteiger partial charge in [0.1, 0.15) is 11.0 Å². The molecule has 0 spiro atoms. The Bertz CT molecular complexity index is 1680. The first-order chi connectivity index (χ1) is 19.9. The summed E-state index contributed by atoms with van der Waals surface area (Å²) in [6.45, 7) is 0. The zero-order valence-corrected chi connectivity index (χ0v) is 21.3. The van der Waals surface area contributed by atoms with Gasteiger partial charge < -0.3 is 9.80 Å². The molecule has 7 aromatic rings. The molecular weight excluding hydrogens is 496 g/mol. The summed E-state index contributed by atoms with van der Waals surface area (Å²) in [5.74, 6) is 0. The molecular formula is C32H22N8. The standard InChI is InChI=1S/C32H22N8/c1-2-4-28-27(3-1)37-31-29(39(23-7-15-33-16-8-23)24-9-17-34-18-10-24)5-6-30(32(31)38-28)40(25-11-19-35-20-12-25)26-13-21-36-22-14-26/h1-22H. The number of hydrogen-bond acceptors (Lipinski definition) is 8. The van der Waals surface area contributed by atoms with E-state index in [9.17, 15) is 0 Å². The van der Waals surface area contributed by atoms with E-state index in [1.807, 2.05) is 72.8 Å². The van der Waals surface area contributed by atoms with Gasteiger partial charge in [-0.2, -0.15) is 0 Å². The fraction of sp³-hybridized carbons (Fsp3) is 0. The Morgan fingerprint density at radius 3 is 0.950 bits per heavy atom. The highest BCUT2D eigenvalue weighted by Gasteiger charge is 2.23. The zero-order valence-electron chi connectivity index (χ0n) is 21.3. The van der Waals surface area contributed by atoms with Gasteiger partial charge in [0, 0.05) is 72.3 Å². The third-order valence-corrected chi connectivity index (χ3v) is 6.62. The highest BCUT2D eigenvalue weighted by molar-refractivity contribution is 6.05. The van der Waals surface area contributed by atoms with E-state index in [2.05, 4.69) is 41.9 Å². The van der Waals surface area contributed by atoms with Crippen LogP contribution in [0.3, 0.4) is 0 Å². The maximum atomic E-state index is 5.19. The summed E-state index contributed by atoms with van der Waals surface area (Å²) in [5, 5.41) is 0. The predicted octanol–water partition coefficient (Wildman–Crippen LogP) is 7.30. The van der Waals surface area contributed by atoms with E-state index in [1.165, 1.54) is 0 Å². The van der Waals surface area contributed by atoms with Crippen molar-refractivity contribution in [3.8, 4) is 0 Å². The van der Waals surface area contributed by atoms with Gasteiger partial charge in [-0.3, -0.25) is 19.9 Å². The molecule has 5 aromatic heterocycles. The van der Waals surface area contributed by atoms with Crippen LogP contribution in [0.5, 0.6) is 0 Å². The lowest BCUT2D eigenvalue weighted by Gasteiger charge is -2.29. The first kappa shape index (κ1) is 23.4. The van der Waals surface area contributed by atoms with Crippen LogP contribution in [-0.4, -0.2) is 29.9 Å². The number of aromatic nitrogens is 6. The van der Waals surface area contributed by atoms with Gasteiger partial charge in [-0.15, -0.1) is 0 Å². The van der Waals surface area contributed by atoms with Crippen LogP contribution in [0.1, 0.15) is 0 Å². The lowest BCUT2D eigenvalue weighted by molar-refractivity contribution is 1.20. The molecule has 0 aliphatic rings. The van der Waals surface area contributed by atoms with Crippen LogP contribution < -0.4 is 9.80 Å². The molecule has 8 nitrogen and oxygen atoms in total. The number of rotatable bonds is 6. The van der Waals surface area contributed by atoms with E-state index in [4.69, 9.17) is 9.97 Å². The second-order valence-corrected chi connectivity index (χ2v) is 9.01. The summed E-state index contributed by atoms with van der Waals surface area (Å²) in [6.07, 6.45) is 14.3. The fourth-order valence-electron chi connectivity index (χ4n) is 4.86. The number of para-hydroxylation sites is 2. The number of hydrogen-bond donors (Lipinski definition) is 0. The zero-order chi connectivity index (χ0) is 26.7. The second kappa shape index (κ2) is 10.2. The summed E-state index contributed by atoms with van der Waals surface area (Å²) in [5.41, 5.74) is 8.73. The maximum Gasteiger partial charge on any atom is 0.116 e. The third kappa shape index (κ3) is 4.23. The number of anilines is 6. The number of fused-ring (bicyclic) bond motifs is 2. The SMILES string of the molecule is c1ccc2nc3c(N(c4ccncc4)c4ccncc4)ccc(N(c4ccncc4)c4ccncc4)c3nc2c1. The van der Waals surface area contributed by atoms with Crippen LogP contribution in [-0.2, 0) is 0 Å². The minimum Gasteiger partial charge on any atom is -0.308 e. The Labute approximate surface area is 230 Å². The minimum atomic E-state index is 0.762. The van der Waals surface area contributed by atoms with Crippen molar-refractivity contribution in [3.63, 3.8) is 0 Å². The van der Waals surface area contributed by atoms with Gasteiger partial charge in [0.05, 0.1) is 22.4 Å². The van der Waals surface area contributed by atoms with Crippen molar-refractivity contribution >= 4 is 56.2 Å². The monoisotopic (exact) mass is 518 g/mol. The van der Waals surface area contributed by atoms with Gasteiger partial charge in [-0.1, -0.05) is 12.1 Å². The molecule has 0 atom stereocenters. The van der Waals surface area contributed by atoms with Gasteiger partial charge in [0.25, 0.3) is 0 Å². The smallest absolute Gasteiger partial charge is 0.116 e. The van der Waals surface area contributed by atoms with Gasteiger partial charge in [-0.05, 0) is 72.8 Å². The Morgan fingerprint density at radius 2 is 0.650 bits per heavy atom. The third-order valence-electron chi connectivity index (χ3n) is 6.62. The van der Waals surface area contributed by atoms with Crippen molar-refractivity contribution in [1.29, 1.82) is 0 Å². The summed E-state index contributed by atoms with van der Waals surface area (Å²) < 4.78 is 0. The average Bonchev–Trinajstić information content (AvgIpc) is 3.03. The molecule has 0 amide bonds. The molecule has 7 rings (SSSR count). The number of pyridine rings is 4. The van der Waals surface area contributed by atoms with Crippen molar-refractivity contribution in [3.05, 3.63) is 135 Å². The van der Waals surface area contributed by atoms with Crippen LogP contribution in [0.15, 0.2) is 135 Å². The number of benzene rings is 2. The van der Waals surface area contributed by atoms with Crippen LogP contribution in [0.4, 0.5) is 34.1 Å². The van der Waals surface area contributed by atoms with Gasteiger partial charge in [-0.25, -0.2) is 9.97 Å². The highest BCUT2D eigenvalue weighted by atomic mass is 15.2. The number of nitrogens with zero attached hydrogens (tertiary/aromatic N) is 8. The Hall–Kier alpha value is -5.76. The largest absolute Gasteiger partial charge is 0.308 e. The van der Waals surface area contributed by atoms with Crippen LogP contribution in [0.2, 0.25) is 0 Å². The molecule has 0 aliphatic carbocycles. The lowest BCUT2D eigenvalue weighted by Crippen LogP contribution is -2.14. The molecule has 40 heavy (non-hydrogen) atoms. The molecule has 8 heteroatoms. The normalized spacial score (nSPS) is 11.0. The van der Waals surface area contributed by atoms with Crippen molar-refractivity contribution in [2.24, 2.45) is 0 Å². The van der Waals surface area contributed by atoms with E-state index >= 15 is 0 Å². The first-order valence-electron chi connectivity index (χ1n) is 12.8. The molecule has 2 aromatic carbocycles. The van der Waals surface area contributed by atoms with E-state index in [-0.39, 0.29) is 0 Å². The molecule has 5 heterocycles. The Balaban J connectivity index is 1.55. The highest BCUT2D eigenvalue weighted by Crippen LogP contribution is 2.43. The first-order valence-corrected chi connectivity index (χ1v) is 12.8. The summed E-state index contributed by atoms with van der Waals surface area (Å²) in [4.78, 5) is 31.7.